The minimum Gasteiger partial charge on any atom is -0.497 e. The van der Waals surface area contributed by atoms with Crippen LogP contribution in [0.4, 0.5) is 0 Å². The maximum Gasteiger partial charge on any atom is 0.118 e. The molecule has 0 N–H and O–H groups in total. The molecule has 2 aromatic carbocycles. The van der Waals surface area contributed by atoms with Gasteiger partial charge in [-0.1, -0.05) is 30.3 Å². The molecule has 0 heterocycles. The molecule has 3 heteroatoms. The molecule has 0 fully saturated rings. The van der Waals surface area contributed by atoms with Gasteiger partial charge in [0.15, 0.2) is 0 Å². The number of hydrogen-bond acceptors (Lipinski definition) is 2. The normalized spacial score (nSPS) is 12.1. The van der Waals surface area contributed by atoms with Gasteiger partial charge in [0.2, 0.25) is 0 Å². The summed E-state index contributed by atoms with van der Waals surface area (Å²) in [5, 5.41) is 0. The summed E-state index contributed by atoms with van der Waals surface area (Å²) in [6.45, 7) is 0. The number of ether oxygens (including phenoxy) is 1. The van der Waals surface area contributed by atoms with Crippen molar-refractivity contribution in [3.63, 3.8) is 0 Å². The molecule has 2 aromatic rings. The van der Waals surface area contributed by atoms with Crippen molar-refractivity contribution in [3.8, 4) is 5.75 Å². The third kappa shape index (κ3) is 5.64. The number of hydrogen-bond donors (Lipinski definition) is 0. The molecule has 0 spiro atoms. The molecule has 1 atom stereocenters. The number of alkyl halides is 1. The maximum absolute atomic E-state index is 6.12. The lowest BCUT2D eigenvalue weighted by Gasteiger charge is -2.14. The fraction of sp³-hybridized carbons (Fsp3) is 0.333. The van der Waals surface area contributed by atoms with E-state index in [0.717, 1.165) is 24.3 Å². The van der Waals surface area contributed by atoms with E-state index in [1.165, 1.54) is 10.5 Å². The van der Waals surface area contributed by atoms with E-state index in [1.807, 2.05) is 23.9 Å². The Morgan fingerprint density at radius 1 is 1.05 bits per heavy atom. The summed E-state index contributed by atoms with van der Waals surface area (Å²) in [6, 6.07) is 18.8. The van der Waals surface area contributed by atoms with Crippen molar-refractivity contribution in [1.29, 1.82) is 0 Å². The Balaban J connectivity index is 1.79. The first-order chi connectivity index (χ1) is 10.3. The van der Waals surface area contributed by atoms with Crippen molar-refractivity contribution in [2.75, 3.05) is 18.7 Å². The summed E-state index contributed by atoms with van der Waals surface area (Å²) >= 11 is 8.03. The van der Waals surface area contributed by atoms with Crippen molar-refractivity contribution in [1.82, 2.24) is 0 Å². The van der Waals surface area contributed by atoms with E-state index in [2.05, 4.69) is 42.5 Å². The molecule has 0 aliphatic carbocycles. The van der Waals surface area contributed by atoms with Crippen LogP contribution in [-0.4, -0.2) is 18.7 Å². The molecule has 0 saturated heterocycles. The van der Waals surface area contributed by atoms with E-state index in [4.69, 9.17) is 16.3 Å². The van der Waals surface area contributed by atoms with E-state index in [0.29, 0.717) is 11.8 Å². The molecule has 0 amide bonds. The van der Waals surface area contributed by atoms with Gasteiger partial charge in [0.25, 0.3) is 0 Å². The smallest absolute Gasteiger partial charge is 0.118 e. The topological polar surface area (TPSA) is 9.23 Å². The number of halogens is 1. The largest absolute Gasteiger partial charge is 0.497 e. The molecule has 0 saturated carbocycles. The van der Waals surface area contributed by atoms with Crippen LogP contribution < -0.4 is 4.74 Å². The highest BCUT2D eigenvalue weighted by Crippen LogP contribution is 2.23. The molecular weight excluding hydrogens is 300 g/mol. The van der Waals surface area contributed by atoms with Crippen LogP contribution in [0.5, 0.6) is 5.75 Å². The van der Waals surface area contributed by atoms with E-state index in [-0.39, 0.29) is 0 Å². The summed E-state index contributed by atoms with van der Waals surface area (Å²) in [5.41, 5.74) is 1.33. The van der Waals surface area contributed by atoms with Gasteiger partial charge in [-0.15, -0.1) is 23.4 Å². The lowest BCUT2D eigenvalue weighted by molar-refractivity contribution is 0.414. The van der Waals surface area contributed by atoms with Crippen LogP contribution in [0.25, 0.3) is 0 Å². The molecule has 0 aliphatic heterocycles. The molecule has 112 valence electrons. The Bertz CT molecular complexity index is 513. The Morgan fingerprint density at radius 3 is 2.38 bits per heavy atom. The summed E-state index contributed by atoms with van der Waals surface area (Å²) < 4.78 is 5.18. The highest BCUT2D eigenvalue weighted by Gasteiger charge is 2.09. The maximum atomic E-state index is 6.12. The molecule has 2 rings (SSSR count). The van der Waals surface area contributed by atoms with Crippen LogP contribution in [0.3, 0.4) is 0 Å². The van der Waals surface area contributed by atoms with Gasteiger partial charge in [-0.25, -0.2) is 0 Å². The van der Waals surface area contributed by atoms with Crippen LogP contribution in [0.15, 0.2) is 59.5 Å². The van der Waals surface area contributed by atoms with Gasteiger partial charge >= 0.3 is 0 Å². The zero-order chi connectivity index (χ0) is 14.9. The first kappa shape index (κ1) is 16.3. The van der Waals surface area contributed by atoms with E-state index < -0.39 is 0 Å². The average molecular weight is 321 g/mol. The van der Waals surface area contributed by atoms with Crippen molar-refractivity contribution < 1.29 is 4.74 Å². The number of rotatable bonds is 8. The second kappa shape index (κ2) is 9.01. The molecule has 0 aromatic heterocycles. The third-order valence-electron chi connectivity index (χ3n) is 3.44. The molecule has 0 bridgehead atoms. The molecule has 21 heavy (non-hydrogen) atoms. The Morgan fingerprint density at radius 2 is 1.76 bits per heavy atom. The molecule has 1 nitrogen and oxygen atoms in total. The Labute approximate surface area is 136 Å². The Hall–Kier alpha value is -1.12. The predicted octanol–water partition coefficient (Wildman–Crippen LogP) is 5.28. The lowest BCUT2D eigenvalue weighted by Crippen LogP contribution is -2.07. The second-order valence-corrected chi connectivity index (χ2v) is 6.50. The van der Waals surface area contributed by atoms with Crippen LogP contribution in [-0.2, 0) is 6.42 Å². The summed E-state index contributed by atoms with van der Waals surface area (Å²) in [4.78, 5) is 1.33. The molecule has 1 unspecified atom stereocenters. The zero-order valence-electron chi connectivity index (χ0n) is 12.3. The highest BCUT2D eigenvalue weighted by molar-refractivity contribution is 7.99. The van der Waals surface area contributed by atoms with E-state index in [9.17, 15) is 0 Å². The quantitative estimate of drug-likeness (QED) is 0.483. The van der Waals surface area contributed by atoms with Crippen molar-refractivity contribution >= 4 is 23.4 Å². The second-order valence-electron chi connectivity index (χ2n) is 5.02. The zero-order valence-corrected chi connectivity index (χ0v) is 13.9. The fourth-order valence-electron chi connectivity index (χ4n) is 2.19. The van der Waals surface area contributed by atoms with Crippen molar-refractivity contribution in [2.45, 2.75) is 17.7 Å². The molecule has 0 aliphatic rings. The monoisotopic (exact) mass is 320 g/mol. The summed E-state index contributed by atoms with van der Waals surface area (Å²) in [7, 11) is 1.69. The van der Waals surface area contributed by atoms with Gasteiger partial charge < -0.3 is 4.74 Å². The van der Waals surface area contributed by atoms with Gasteiger partial charge in [-0.05, 0) is 54.3 Å². The van der Waals surface area contributed by atoms with Gasteiger partial charge in [0, 0.05) is 10.8 Å². The predicted molar refractivity (Wildman–Crippen MR) is 92.7 cm³/mol. The van der Waals surface area contributed by atoms with Crippen molar-refractivity contribution in [2.24, 2.45) is 5.92 Å². The number of benzene rings is 2. The summed E-state index contributed by atoms with van der Waals surface area (Å²) in [6.07, 6.45) is 2.16. The molecule has 0 radical (unpaired) electrons. The van der Waals surface area contributed by atoms with Gasteiger partial charge in [-0.2, -0.15) is 0 Å². The van der Waals surface area contributed by atoms with Crippen LogP contribution in [0, 0.1) is 5.92 Å². The SMILES string of the molecule is COc1ccc(CC(CCl)CCSc2ccccc2)cc1. The number of methoxy groups -OCH3 is 1. The number of thioether (sulfide) groups is 1. The van der Waals surface area contributed by atoms with Crippen LogP contribution in [0.1, 0.15) is 12.0 Å². The first-order valence-corrected chi connectivity index (χ1v) is 8.70. The Kier molecular flexibility index (Phi) is 6.98. The first-order valence-electron chi connectivity index (χ1n) is 7.18. The third-order valence-corrected chi connectivity index (χ3v) is 4.92. The fourth-order valence-corrected chi connectivity index (χ4v) is 3.49. The van der Waals surface area contributed by atoms with Crippen LogP contribution in [0.2, 0.25) is 0 Å². The summed E-state index contributed by atoms with van der Waals surface area (Å²) in [5.74, 6) is 3.25. The highest BCUT2D eigenvalue weighted by atomic mass is 35.5. The minimum absolute atomic E-state index is 0.524. The van der Waals surface area contributed by atoms with E-state index >= 15 is 0 Å². The van der Waals surface area contributed by atoms with Gasteiger partial charge in [-0.3, -0.25) is 0 Å². The lowest BCUT2D eigenvalue weighted by atomic mass is 9.99. The van der Waals surface area contributed by atoms with Crippen molar-refractivity contribution in [3.05, 3.63) is 60.2 Å². The molecular formula is C18H21ClOS. The average Bonchev–Trinajstić information content (AvgIpc) is 2.55. The standard InChI is InChI=1S/C18H21ClOS/c1-20-17-9-7-15(8-10-17)13-16(14-19)11-12-21-18-5-3-2-4-6-18/h2-10,16H,11-14H2,1H3. The van der Waals surface area contributed by atoms with E-state index in [1.54, 1.807) is 7.11 Å². The van der Waals surface area contributed by atoms with Gasteiger partial charge in [0.1, 0.15) is 5.75 Å². The minimum atomic E-state index is 0.524. The van der Waals surface area contributed by atoms with Gasteiger partial charge in [0.05, 0.1) is 7.11 Å². The van der Waals surface area contributed by atoms with Crippen LogP contribution >= 0.6 is 23.4 Å².